The second-order valence-corrected chi connectivity index (χ2v) is 7.90. The van der Waals surface area contributed by atoms with E-state index in [-0.39, 0.29) is 16.9 Å². The van der Waals surface area contributed by atoms with Gasteiger partial charge in [0.05, 0.1) is 6.61 Å². The Labute approximate surface area is 201 Å². The van der Waals surface area contributed by atoms with E-state index in [1.54, 1.807) is 48.5 Å². The summed E-state index contributed by atoms with van der Waals surface area (Å²) in [5.74, 6) is 0.307. The van der Waals surface area contributed by atoms with Crippen LogP contribution < -0.4 is 20.7 Å². The number of nitrogens with one attached hydrogen (secondary N) is 3. The summed E-state index contributed by atoms with van der Waals surface area (Å²) in [4.78, 5) is 27.0. The molecule has 0 saturated carbocycles. The fourth-order valence-corrected chi connectivity index (χ4v) is 3.26. The summed E-state index contributed by atoms with van der Waals surface area (Å²) >= 11 is 5.25. The number of thiocarbonyl (C=S) groups is 1. The van der Waals surface area contributed by atoms with Gasteiger partial charge in [0.2, 0.25) is 0 Å². The lowest BCUT2D eigenvalue weighted by atomic mass is 10.2. The summed E-state index contributed by atoms with van der Waals surface area (Å²) in [6.07, 6.45) is 2.06. The molecule has 2 rings (SSSR count). The first kappa shape index (κ1) is 26.3. The number of rotatable bonds is 12. The van der Waals surface area contributed by atoms with Crippen molar-refractivity contribution in [3.63, 3.8) is 0 Å². The van der Waals surface area contributed by atoms with Crippen molar-refractivity contribution >= 4 is 34.8 Å². The Morgan fingerprint density at radius 2 is 1.52 bits per heavy atom. The molecule has 2 aromatic carbocycles. The minimum atomic E-state index is -0.309. The molecule has 0 aromatic heterocycles. The average molecular weight is 471 g/mol. The molecule has 0 aliphatic carbocycles. The van der Waals surface area contributed by atoms with Crippen LogP contribution in [0, 0.1) is 0 Å². The number of hydrogen-bond donors (Lipinski definition) is 3. The number of carbonyl (C=O) groups excluding carboxylic acids is 2. The van der Waals surface area contributed by atoms with Gasteiger partial charge in [-0.3, -0.25) is 14.9 Å². The summed E-state index contributed by atoms with van der Waals surface area (Å²) in [6, 6.07) is 13.9. The van der Waals surface area contributed by atoms with Crippen molar-refractivity contribution in [1.82, 2.24) is 15.5 Å². The van der Waals surface area contributed by atoms with E-state index in [9.17, 15) is 9.59 Å². The molecule has 2 aromatic rings. The summed E-state index contributed by atoms with van der Waals surface area (Å²) in [6.45, 7) is 10.3. The first-order valence-electron chi connectivity index (χ1n) is 11.4. The fraction of sp³-hybridized carbons (Fsp3) is 0.400. The molecule has 178 valence electrons. The van der Waals surface area contributed by atoms with Gasteiger partial charge in [0.1, 0.15) is 5.75 Å². The van der Waals surface area contributed by atoms with Crippen molar-refractivity contribution in [3.05, 3.63) is 59.7 Å². The highest BCUT2D eigenvalue weighted by Crippen LogP contribution is 2.13. The minimum absolute atomic E-state index is 0.119. The van der Waals surface area contributed by atoms with E-state index in [0.717, 1.165) is 38.2 Å². The Kier molecular flexibility index (Phi) is 11.3. The summed E-state index contributed by atoms with van der Waals surface area (Å²) in [5, 5.41) is 8.73. The van der Waals surface area contributed by atoms with Gasteiger partial charge in [-0.1, -0.05) is 27.2 Å². The van der Waals surface area contributed by atoms with Gasteiger partial charge in [0.15, 0.2) is 5.11 Å². The lowest BCUT2D eigenvalue weighted by Gasteiger charge is -2.18. The van der Waals surface area contributed by atoms with Crippen LogP contribution in [0.25, 0.3) is 0 Å². The molecule has 2 amide bonds. The molecule has 7 nitrogen and oxygen atoms in total. The highest BCUT2D eigenvalue weighted by atomic mass is 32.1. The molecule has 8 heteroatoms. The minimum Gasteiger partial charge on any atom is -0.494 e. The first-order chi connectivity index (χ1) is 16.0. The molecule has 0 spiro atoms. The van der Waals surface area contributed by atoms with Gasteiger partial charge < -0.3 is 20.3 Å². The lowest BCUT2D eigenvalue weighted by Crippen LogP contribution is -2.35. The van der Waals surface area contributed by atoms with Crippen LogP contribution in [0.5, 0.6) is 5.75 Å². The van der Waals surface area contributed by atoms with E-state index in [1.807, 2.05) is 0 Å². The van der Waals surface area contributed by atoms with Crippen molar-refractivity contribution in [2.24, 2.45) is 0 Å². The topological polar surface area (TPSA) is 82.7 Å². The molecule has 0 heterocycles. The smallest absolute Gasteiger partial charge is 0.257 e. The van der Waals surface area contributed by atoms with Crippen molar-refractivity contribution < 1.29 is 14.3 Å². The molecular formula is C25H34N4O3S. The second-order valence-electron chi connectivity index (χ2n) is 7.49. The van der Waals surface area contributed by atoms with Gasteiger partial charge >= 0.3 is 0 Å². The Balaban J connectivity index is 1.80. The van der Waals surface area contributed by atoms with E-state index in [1.165, 1.54) is 0 Å². The molecule has 3 N–H and O–H groups in total. The third-order valence-electron chi connectivity index (χ3n) is 5.12. The van der Waals surface area contributed by atoms with Crippen LogP contribution in [-0.4, -0.2) is 54.6 Å². The van der Waals surface area contributed by atoms with E-state index >= 15 is 0 Å². The number of hydrogen-bond acceptors (Lipinski definition) is 5. The first-order valence-corrected chi connectivity index (χ1v) is 11.8. The molecular weight excluding hydrogens is 436 g/mol. The Morgan fingerprint density at radius 3 is 2.12 bits per heavy atom. The number of likely N-dealkylation sites (N-methyl/N-ethyl adjacent to an activating group) is 1. The van der Waals surface area contributed by atoms with E-state index in [0.29, 0.717) is 30.0 Å². The standard InChI is InChI=1S/C25H34N4O3S/c1-4-7-18-32-22-14-10-20(11-15-22)24(31)28-25(33)27-21-12-8-19(9-13-21)23(30)26-16-17-29(5-2)6-3/h8-15H,4-7,16-18H2,1-3H3,(H,26,30)(H2,27,28,31,33). The molecule has 0 bridgehead atoms. The maximum atomic E-state index is 12.4. The number of nitrogens with zero attached hydrogens (tertiary/aromatic N) is 1. The molecule has 0 aliphatic rings. The van der Waals surface area contributed by atoms with Gasteiger partial charge in [0, 0.05) is 29.9 Å². The SMILES string of the molecule is CCCCOc1ccc(C(=O)NC(=S)Nc2ccc(C(=O)NCCN(CC)CC)cc2)cc1. The van der Waals surface area contributed by atoms with Crippen LogP contribution in [0.2, 0.25) is 0 Å². The number of carbonyl (C=O) groups is 2. The van der Waals surface area contributed by atoms with Crippen LogP contribution in [0.4, 0.5) is 5.69 Å². The molecule has 0 atom stereocenters. The maximum absolute atomic E-state index is 12.4. The Bertz CT molecular complexity index is 897. The maximum Gasteiger partial charge on any atom is 0.257 e. The normalized spacial score (nSPS) is 10.5. The van der Waals surface area contributed by atoms with Crippen molar-refractivity contribution in [3.8, 4) is 5.75 Å². The molecule has 0 unspecified atom stereocenters. The van der Waals surface area contributed by atoms with E-state index in [4.69, 9.17) is 17.0 Å². The lowest BCUT2D eigenvalue weighted by molar-refractivity contribution is 0.0947. The molecule has 0 saturated heterocycles. The van der Waals surface area contributed by atoms with E-state index in [2.05, 4.69) is 41.6 Å². The monoisotopic (exact) mass is 470 g/mol. The summed E-state index contributed by atoms with van der Waals surface area (Å²) in [7, 11) is 0. The predicted molar refractivity (Wildman–Crippen MR) is 137 cm³/mol. The molecule has 0 fully saturated rings. The highest BCUT2D eigenvalue weighted by Gasteiger charge is 2.10. The Hall–Kier alpha value is -2.97. The number of amides is 2. The van der Waals surface area contributed by atoms with Gasteiger partial charge in [-0.05, 0) is 80.3 Å². The summed E-state index contributed by atoms with van der Waals surface area (Å²) < 4.78 is 5.61. The van der Waals surface area contributed by atoms with Gasteiger partial charge in [-0.2, -0.15) is 0 Å². The van der Waals surface area contributed by atoms with Gasteiger partial charge in [0.25, 0.3) is 11.8 Å². The second kappa shape index (κ2) is 14.2. The summed E-state index contributed by atoms with van der Waals surface area (Å²) in [5.41, 5.74) is 1.73. The van der Waals surface area contributed by atoms with Crippen molar-refractivity contribution in [2.45, 2.75) is 33.6 Å². The zero-order valence-electron chi connectivity index (χ0n) is 19.6. The fourth-order valence-electron chi connectivity index (χ4n) is 3.05. The zero-order chi connectivity index (χ0) is 24.1. The Morgan fingerprint density at radius 1 is 0.909 bits per heavy atom. The van der Waals surface area contributed by atoms with Crippen LogP contribution in [-0.2, 0) is 0 Å². The number of unbranched alkanes of at least 4 members (excludes halogenated alkanes) is 1. The van der Waals surface area contributed by atoms with Crippen molar-refractivity contribution in [2.75, 3.05) is 38.1 Å². The van der Waals surface area contributed by atoms with Gasteiger partial charge in [-0.25, -0.2) is 0 Å². The van der Waals surface area contributed by atoms with Crippen molar-refractivity contribution in [1.29, 1.82) is 0 Å². The van der Waals surface area contributed by atoms with Crippen LogP contribution in [0.3, 0.4) is 0 Å². The molecule has 0 radical (unpaired) electrons. The quantitative estimate of drug-likeness (QED) is 0.321. The van der Waals surface area contributed by atoms with Crippen LogP contribution in [0.1, 0.15) is 54.3 Å². The van der Waals surface area contributed by atoms with E-state index < -0.39 is 0 Å². The third-order valence-corrected chi connectivity index (χ3v) is 5.33. The largest absolute Gasteiger partial charge is 0.494 e. The number of benzene rings is 2. The van der Waals surface area contributed by atoms with Gasteiger partial charge in [-0.15, -0.1) is 0 Å². The third kappa shape index (κ3) is 9.19. The molecule has 33 heavy (non-hydrogen) atoms. The predicted octanol–water partition coefficient (Wildman–Crippen LogP) is 4.06. The highest BCUT2D eigenvalue weighted by molar-refractivity contribution is 7.80. The molecule has 0 aliphatic heterocycles. The zero-order valence-corrected chi connectivity index (χ0v) is 20.5. The van der Waals surface area contributed by atoms with Crippen LogP contribution in [0.15, 0.2) is 48.5 Å². The number of anilines is 1. The average Bonchev–Trinajstić information content (AvgIpc) is 2.82. The van der Waals surface area contributed by atoms with Crippen LogP contribution >= 0.6 is 12.2 Å². The number of ether oxygens (including phenoxy) is 1.